The molecule has 0 bridgehead atoms. The molecule has 1 aromatic heterocycles. The average Bonchev–Trinajstić information content (AvgIpc) is 2.81. The minimum Gasteiger partial charge on any atom is -0.427 e. The van der Waals surface area contributed by atoms with Gasteiger partial charge in [-0.1, -0.05) is 12.1 Å². The highest BCUT2D eigenvalue weighted by molar-refractivity contribution is 6.51. The van der Waals surface area contributed by atoms with E-state index in [1.807, 2.05) is 59.7 Å². The summed E-state index contributed by atoms with van der Waals surface area (Å²) >= 11 is 0. The highest BCUT2D eigenvalue weighted by Gasteiger charge is 2.38. The normalized spacial score (nSPS) is 13.0. The summed E-state index contributed by atoms with van der Waals surface area (Å²) in [5, 5.41) is 0. The van der Waals surface area contributed by atoms with E-state index in [1.165, 1.54) is 0 Å². The second-order valence-corrected chi connectivity index (χ2v) is 7.10. The van der Waals surface area contributed by atoms with Crippen LogP contribution in [-0.2, 0) is 9.39 Å². The van der Waals surface area contributed by atoms with Gasteiger partial charge in [0.2, 0.25) is 0 Å². The molecule has 0 saturated carbocycles. The van der Waals surface area contributed by atoms with E-state index in [2.05, 4.69) is 4.98 Å². The number of H-pyrrole nitrogens is 1. The smallest absolute Gasteiger partial charge is 0.333 e. The Labute approximate surface area is 138 Å². The van der Waals surface area contributed by atoms with Crippen LogP contribution in [0.25, 0.3) is 11.0 Å². The predicted octanol–water partition coefficient (Wildman–Crippen LogP) is 2.38. The monoisotopic (exact) mass is 317 g/mol. The third-order valence-corrected chi connectivity index (χ3v) is 4.74. The third kappa shape index (κ3) is 3.24. The van der Waals surface area contributed by atoms with E-state index >= 15 is 0 Å². The summed E-state index contributed by atoms with van der Waals surface area (Å²) in [5.74, 6) is 0. The van der Waals surface area contributed by atoms with Gasteiger partial charge in [0, 0.05) is 13.2 Å². The molecular weight excluding hydrogens is 291 g/mol. The fourth-order valence-electron chi connectivity index (χ4n) is 2.38. The van der Waals surface area contributed by atoms with Crippen LogP contribution in [0.2, 0.25) is 0 Å². The minimum absolute atomic E-state index is 0.0938. The molecule has 0 aliphatic rings. The Hall–Kier alpha value is -1.53. The maximum atomic E-state index is 12.2. The molecule has 1 heterocycles. The van der Waals surface area contributed by atoms with Crippen LogP contribution < -0.4 is 11.2 Å². The van der Waals surface area contributed by atoms with Gasteiger partial charge in [-0.25, -0.2) is 4.79 Å². The Balaban J connectivity index is 2.36. The summed E-state index contributed by atoms with van der Waals surface area (Å²) < 4.78 is 13.3. The summed E-state index contributed by atoms with van der Waals surface area (Å²) in [5.41, 5.74) is 1.44. The van der Waals surface area contributed by atoms with Crippen molar-refractivity contribution in [2.75, 3.05) is 7.11 Å². The lowest BCUT2D eigenvalue weighted by molar-refractivity contribution is -0.114. The fourth-order valence-corrected chi connectivity index (χ4v) is 2.38. The molecule has 5 nitrogen and oxygen atoms in total. The summed E-state index contributed by atoms with van der Waals surface area (Å²) in [6, 6.07) is 5.89. The zero-order chi connectivity index (χ0) is 17.4. The van der Waals surface area contributed by atoms with Crippen molar-refractivity contribution < 1.29 is 9.39 Å². The molecule has 2 aromatic rings. The number of aromatic nitrogens is 2. The standard InChI is InChI=1S/C17H26BN2O3/c1-11(2)20-13-10-8-9-12(14(13)19-15(20)21)18-23-17(5,6)16(3,4)22-7/h8-11H,1-7H3,(H,19,21). The van der Waals surface area contributed by atoms with Crippen LogP contribution in [0.3, 0.4) is 0 Å². The molecule has 1 N–H and O–H groups in total. The van der Waals surface area contributed by atoms with Crippen LogP contribution in [-0.4, -0.2) is 35.3 Å². The number of hydrogen-bond acceptors (Lipinski definition) is 3. The van der Waals surface area contributed by atoms with Gasteiger partial charge in [0.25, 0.3) is 0 Å². The maximum Gasteiger partial charge on any atom is 0.333 e. The Morgan fingerprint density at radius 1 is 1.17 bits per heavy atom. The first-order valence-corrected chi connectivity index (χ1v) is 7.90. The first kappa shape index (κ1) is 17.8. The number of nitrogens with zero attached hydrogens (tertiary/aromatic N) is 1. The molecule has 23 heavy (non-hydrogen) atoms. The number of benzene rings is 1. The predicted molar refractivity (Wildman–Crippen MR) is 94.6 cm³/mol. The number of nitrogens with one attached hydrogen (secondary N) is 1. The van der Waals surface area contributed by atoms with E-state index in [-0.39, 0.29) is 11.7 Å². The van der Waals surface area contributed by atoms with Crippen molar-refractivity contribution in [3.63, 3.8) is 0 Å². The van der Waals surface area contributed by atoms with Crippen LogP contribution in [0.1, 0.15) is 47.6 Å². The minimum atomic E-state index is -0.523. The van der Waals surface area contributed by atoms with Gasteiger partial charge in [-0.15, -0.1) is 0 Å². The number of rotatable bonds is 6. The summed E-state index contributed by atoms with van der Waals surface area (Å²) in [6.07, 6.45) is 0. The molecule has 0 aliphatic carbocycles. The van der Waals surface area contributed by atoms with Crippen molar-refractivity contribution in [3.05, 3.63) is 28.7 Å². The van der Waals surface area contributed by atoms with Crippen molar-refractivity contribution in [1.82, 2.24) is 9.55 Å². The van der Waals surface area contributed by atoms with E-state index < -0.39 is 11.2 Å². The molecule has 0 aliphatic heterocycles. The number of imidazole rings is 1. The topological polar surface area (TPSA) is 56.2 Å². The van der Waals surface area contributed by atoms with Gasteiger partial charge in [0.15, 0.2) is 0 Å². The van der Waals surface area contributed by atoms with Gasteiger partial charge >= 0.3 is 13.2 Å². The highest BCUT2D eigenvalue weighted by atomic mass is 16.5. The van der Waals surface area contributed by atoms with Crippen LogP contribution in [0, 0.1) is 0 Å². The molecule has 0 saturated heterocycles. The molecule has 2 rings (SSSR count). The Morgan fingerprint density at radius 3 is 2.39 bits per heavy atom. The quantitative estimate of drug-likeness (QED) is 0.832. The molecule has 0 unspecified atom stereocenters. The first-order valence-electron chi connectivity index (χ1n) is 7.90. The average molecular weight is 317 g/mol. The molecule has 0 amide bonds. The third-order valence-electron chi connectivity index (χ3n) is 4.74. The molecule has 1 aromatic carbocycles. The zero-order valence-electron chi connectivity index (χ0n) is 15.1. The lowest BCUT2D eigenvalue weighted by atomic mass is 9.82. The first-order chi connectivity index (χ1) is 10.6. The number of fused-ring (bicyclic) bond motifs is 1. The van der Waals surface area contributed by atoms with Gasteiger partial charge in [-0.05, 0) is 53.1 Å². The Morgan fingerprint density at radius 2 is 1.83 bits per heavy atom. The van der Waals surface area contributed by atoms with Crippen LogP contribution in [0.15, 0.2) is 23.0 Å². The number of methoxy groups -OCH3 is 1. The van der Waals surface area contributed by atoms with Crippen LogP contribution in [0.4, 0.5) is 0 Å². The van der Waals surface area contributed by atoms with Crippen molar-refractivity contribution in [3.8, 4) is 0 Å². The molecule has 1 radical (unpaired) electrons. The van der Waals surface area contributed by atoms with E-state index in [4.69, 9.17) is 9.39 Å². The molecule has 125 valence electrons. The van der Waals surface area contributed by atoms with E-state index in [0.717, 1.165) is 16.5 Å². The van der Waals surface area contributed by atoms with Gasteiger partial charge in [0.05, 0.1) is 22.2 Å². The second kappa shape index (κ2) is 6.17. The van der Waals surface area contributed by atoms with Crippen LogP contribution in [0.5, 0.6) is 0 Å². The van der Waals surface area contributed by atoms with Crippen molar-refractivity contribution in [1.29, 1.82) is 0 Å². The lowest BCUT2D eigenvalue weighted by Gasteiger charge is -2.40. The fraction of sp³-hybridized carbons (Fsp3) is 0.588. The number of aromatic amines is 1. The lowest BCUT2D eigenvalue weighted by Crippen LogP contribution is -2.50. The van der Waals surface area contributed by atoms with Gasteiger partial charge < -0.3 is 14.4 Å². The van der Waals surface area contributed by atoms with Gasteiger partial charge in [-0.2, -0.15) is 0 Å². The molecule has 0 fully saturated rings. The molecule has 6 heteroatoms. The molecular formula is C17H26BN2O3. The van der Waals surface area contributed by atoms with E-state index in [0.29, 0.717) is 0 Å². The second-order valence-electron chi connectivity index (χ2n) is 7.10. The van der Waals surface area contributed by atoms with Crippen molar-refractivity contribution in [2.45, 2.75) is 58.8 Å². The molecule has 0 spiro atoms. The SMILES string of the molecule is COC(C)(C)C(C)(C)O[B]c1cccc2c1[nH]c(=O)n2C(C)C. The van der Waals surface area contributed by atoms with Gasteiger partial charge in [-0.3, -0.25) is 4.57 Å². The van der Waals surface area contributed by atoms with E-state index in [9.17, 15) is 4.79 Å². The Kier molecular flexibility index (Phi) is 4.78. The Bertz CT molecular complexity index is 744. The largest absolute Gasteiger partial charge is 0.427 e. The summed E-state index contributed by atoms with van der Waals surface area (Å²) in [7, 11) is 3.37. The molecule has 0 atom stereocenters. The highest BCUT2D eigenvalue weighted by Crippen LogP contribution is 2.27. The zero-order valence-corrected chi connectivity index (χ0v) is 15.1. The van der Waals surface area contributed by atoms with Crippen LogP contribution >= 0.6 is 0 Å². The van der Waals surface area contributed by atoms with Crippen molar-refractivity contribution in [2.24, 2.45) is 0 Å². The summed E-state index contributed by atoms with van der Waals surface area (Å²) in [4.78, 5) is 15.1. The number of ether oxygens (including phenoxy) is 1. The number of para-hydroxylation sites is 1. The summed E-state index contributed by atoms with van der Waals surface area (Å²) in [6.45, 7) is 11.9. The van der Waals surface area contributed by atoms with Crippen molar-refractivity contribution >= 4 is 24.0 Å². The number of hydrogen-bond donors (Lipinski definition) is 1. The van der Waals surface area contributed by atoms with E-state index in [1.54, 1.807) is 19.2 Å². The maximum absolute atomic E-state index is 12.2. The van der Waals surface area contributed by atoms with Gasteiger partial charge in [0.1, 0.15) is 0 Å².